The second-order valence-corrected chi connectivity index (χ2v) is 5.83. The van der Waals surface area contributed by atoms with Crippen LogP contribution in [-0.2, 0) is 6.42 Å². The van der Waals surface area contributed by atoms with Gasteiger partial charge in [-0.05, 0) is 25.5 Å². The second kappa shape index (κ2) is 6.92. The van der Waals surface area contributed by atoms with Gasteiger partial charge in [0.2, 0.25) is 5.89 Å². The lowest BCUT2D eigenvalue weighted by molar-refractivity contribution is 0.164. The monoisotopic (exact) mass is 300 g/mol. The Morgan fingerprint density at radius 2 is 1.86 bits per heavy atom. The smallest absolute Gasteiger partial charge is 0.243 e. The van der Waals surface area contributed by atoms with Crippen LogP contribution in [0, 0.1) is 0 Å². The number of benzene rings is 1. The van der Waals surface area contributed by atoms with E-state index < -0.39 is 0 Å². The Morgan fingerprint density at radius 1 is 1.14 bits per heavy atom. The molecule has 1 fully saturated rings. The zero-order valence-electron chi connectivity index (χ0n) is 13.4. The Kier molecular flexibility index (Phi) is 4.73. The molecule has 5 heteroatoms. The summed E-state index contributed by atoms with van der Waals surface area (Å²) in [4.78, 5) is 9.37. The van der Waals surface area contributed by atoms with Crippen molar-refractivity contribution in [1.29, 1.82) is 0 Å². The molecule has 0 N–H and O–H groups in total. The van der Waals surface area contributed by atoms with Crippen molar-refractivity contribution in [3.63, 3.8) is 0 Å². The highest BCUT2D eigenvalue weighted by atomic mass is 16.5. The summed E-state index contributed by atoms with van der Waals surface area (Å²) in [6.45, 7) is 8.38. The Bertz CT molecular complexity index is 575. The van der Waals surface area contributed by atoms with Gasteiger partial charge in [-0.15, -0.1) is 0 Å². The highest BCUT2D eigenvalue weighted by Crippen LogP contribution is 2.22. The fourth-order valence-electron chi connectivity index (χ4n) is 2.92. The summed E-state index contributed by atoms with van der Waals surface area (Å²) in [6.07, 6.45) is 1.93. The van der Waals surface area contributed by atoms with Gasteiger partial charge in [0.15, 0.2) is 5.82 Å². The lowest BCUT2D eigenvalue weighted by Gasteiger charge is -2.38. The van der Waals surface area contributed by atoms with Gasteiger partial charge >= 0.3 is 0 Å². The van der Waals surface area contributed by atoms with E-state index in [4.69, 9.17) is 4.52 Å². The molecule has 1 atom stereocenters. The van der Waals surface area contributed by atoms with Crippen LogP contribution in [0.25, 0.3) is 0 Å². The first kappa shape index (κ1) is 15.0. The SMILES string of the molecule is CCCc1noc(C(C)N2CCN(c3ccccc3)CC2)n1. The van der Waals surface area contributed by atoms with E-state index in [9.17, 15) is 0 Å². The molecule has 0 aliphatic carbocycles. The van der Waals surface area contributed by atoms with Crippen molar-refractivity contribution in [3.8, 4) is 0 Å². The molecule has 1 saturated heterocycles. The Labute approximate surface area is 131 Å². The second-order valence-electron chi connectivity index (χ2n) is 5.83. The normalized spacial score (nSPS) is 17.6. The Morgan fingerprint density at radius 3 is 2.55 bits per heavy atom. The summed E-state index contributed by atoms with van der Waals surface area (Å²) >= 11 is 0. The fraction of sp³-hybridized carbons (Fsp3) is 0.529. The lowest BCUT2D eigenvalue weighted by Crippen LogP contribution is -2.47. The van der Waals surface area contributed by atoms with Crippen molar-refractivity contribution >= 4 is 5.69 Å². The van der Waals surface area contributed by atoms with Crippen LogP contribution >= 0.6 is 0 Å². The molecule has 0 bridgehead atoms. The molecule has 1 aliphatic rings. The average Bonchev–Trinajstić information content (AvgIpc) is 3.04. The number of piperazine rings is 1. The van der Waals surface area contributed by atoms with Gasteiger partial charge in [0.25, 0.3) is 0 Å². The summed E-state index contributed by atoms with van der Waals surface area (Å²) in [5, 5.41) is 4.06. The first-order valence-corrected chi connectivity index (χ1v) is 8.14. The number of aromatic nitrogens is 2. The van der Waals surface area contributed by atoms with E-state index in [1.165, 1.54) is 5.69 Å². The van der Waals surface area contributed by atoms with Crippen molar-refractivity contribution in [1.82, 2.24) is 15.0 Å². The zero-order valence-corrected chi connectivity index (χ0v) is 13.4. The van der Waals surface area contributed by atoms with Crippen molar-refractivity contribution < 1.29 is 4.52 Å². The van der Waals surface area contributed by atoms with E-state index in [-0.39, 0.29) is 6.04 Å². The van der Waals surface area contributed by atoms with Crippen LogP contribution < -0.4 is 4.90 Å². The number of hydrogen-bond acceptors (Lipinski definition) is 5. The molecule has 1 aromatic heterocycles. The van der Waals surface area contributed by atoms with Crippen LogP contribution in [0.5, 0.6) is 0 Å². The third-order valence-electron chi connectivity index (χ3n) is 4.30. The quantitative estimate of drug-likeness (QED) is 0.849. The zero-order chi connectivity index (χ0) is 15.4. The molecular formula is C17H24N4O. The molecule has 0 radical (unpaired) electrons. The third kappa shape index (κ3) is 3.30. The number of nitrogens with zero attached hydrogens (tertiary/aromatic N) is 4. The summed E-state index contributed by atoms with van der Waals surface area (Å²) < 4.78 is 5.43. The largest absolute Gasteiger partial charge is 0.369 e. The van der Waals surface area contributed by atoms with Gasteiger partial charge in [0, 0.05) is 38.3 Å². The topological polar surface area (TPSA) is 45.4 Å². The molecule has 2 aromatic rings. The minimum atomic E-state index is 0.191. The summed E-state index contributed by atoms with van der Waals surface area (Å²) in [7, 11) is 0. The standard InChI is InChI=1S/C17H24N4O/c1-3-7-16-18-17(22-19-16)14(2)20-10-12-21(13-11-20)15-8-5-4-6-9-15/h4-6,8-9,14H,3,7,10-13H2,1-2H3. The maximum Gasteiger partial charge on any atom is 0.243 e. The molecule has 1 unspecified atom stereocenters. The maximum atomic E-state index is 5.43. The van der Waals surface area contributed by atoms with Crippen LogP contribution in [0.2, 0.25) is 0 Å². The van der Waals surface area contributed by atoms with Crippen LogP contribution in [0.15, 0.2) is 34.9 Å². The summed E-state index contributed by atoms with van der Waals surface area (Å²) in [5.41, 5.74) is 1.30. The molecule has 118 valence electrons. The van der Waals surface area contributed by atoms with Crippen molar-refractivity contribution in [3.05, 3.63) is 42.0 Å². The molecule has 0 amide bonds. The maximum absolute atomic E-state index is 5.43. The van der Waals surface area contributed by atoms with Crippen molar-refractivity contribution in [2.45, 2.75) is 32.7 Å². The predicted molar refractivity (Wildman–Crippen MR) is 86.9 cm³/mol. The number of rotatable bonds is 5. The predicted octanol–water partition coefficient (Wildman–Crippen LogP) is 2.91. The number of hydrogen-bond donors (Lipinski definition) is 0. The highest BCUT2D eigenvalue weighted by molar-refractivity contribution is 5.46. The first-order valence-electron chi connectivity index (χ1n) is 8.14. The van der Waals surface area contributed by atoms with E-state index in [1.54, 1.807) is 0 Å². The van der Waals surface area contributed by atoms with E-state index in [2.05, 4.69) is 64.1 Å². The van der Waals surface area contributed by atoms with E-state index in [0.717, 1.165) is 50.7 Å². The highest BCUT2D eigenvalue weighted by Gasteiger charge is 2.25. The van der Waals surface area contributed by atoms with Gasteiger partial charge in [-0.2, -0.15) is 4.98 Å². The Hall–Kier alpha value is -1.88. The van der Waals surface area contributed by atoms with Crippen LogP contribution in [0.1, 0.15) is 38.0 Å². The van der Waals surface area contributed by atoms with Gasteiger partial charge in [-0.3, -0.25) is 4.90 Å². The molecular weight excluding hydrogens is 276 g/mol. The van der Waals surface area contributed by atoms with Gasteiger partial charge in [0.05, 0.1) is 6.04 Å². The fourth-order valence-corrected chi connectivity index (χ4v) is 2.92. The number of aryl methyl sites for hydroxylation is 1. The van der Waals surface area contributed by atoms with E-state index in [1.807, 2.05) is 0 Å². The molecule has 5 nitrogen and oxygen atoms in total. The number of para-hydroxylation sites is 1. The van der Waals surface area contributed by atoms with E-state index in [0.29, 0.717) is 0 Å². The van der Waals surface area contributed by atoms with E-state index >= 15 is 0 Å². The van der Waals surface area contributed by atoms with Crippen molar-refractivity contribution in [2.75, 3.05) is 31.1 Å². The minimum Gasteiger partial charge on any atom is -0.369 e. The third-order valence-corrected chi connectivity index (χ3v) is 4.30. The summed E-state index contributed by atoms with van der Waals surface area (Å²) in [6, 6.07) is 10.8. The molecule has 2 heterocycles. The number of anilines is 1. The van der Waals surface area contributed by atoms with Gasteiger partial charge in [0.1, 0.15) is 0 Å². The summed E-state index contributed by atoms with van der Waals surface area (Å²) in [5.74, 6) is 1.57. The van der Waals surface area contributed by atoms with Crippen LogP contribution in [0.3, 0.4) is 0 Å². The molecule has 0 spiro atoms. The van der Waals surface area contributed by atoms with Gasteiger partial charge in [-0.1, -0.05) is 30.3 Å². The van der Waals surface area contributed by atoms with Crippen LogP contribution in [-0.4, -0.2) is 41.2 Å². The molecule has 22 heavy (non-hydrogen) atoms. The molecule has 0 saturated carbocycles. The molecule has 3 rings (SSSR count). The Balaban J connectivity index is 1.58. The molecule has 1 aromatic carbocycles. The van der Waals surface area contributed by atoms with Gasteiger partial charge < -0.3 is 9.42 Å². The van der Waals surface area contributed by atoms with Crippen LogP contribution in [0.4, 0.5) is 5.69 Å². The molecule has 1 aliphatic heterocycles. The van der Waals surface area contributed by atoms with Crippen molar-refractivity contribution in [2.24, 2.45) is 0 Å². The average molecular weight is 300 g/mol. The first-order chi connectivity index (χ1) is 10.8. The lowest BCUT2D eigenvalue weighted by atomic mass is 10.2. The van der Waals surface area contributed by atoms with Gasteiger partial charge in [-0.25, -0.2) is 0 Å². The minimum absolute atomic E-state index is 0.191.